The van der Waals surface area contributed by atoms with Gasteiger partial charge in [0.2, 0.25) is 0 Å². The topological polar surface area (TPSA) is 0 Å². The maximum atomic E-state index is 3.67. The molecule has 0 aromatic heterocycles. The van der Waals surface area contributed by atoms with Crippen LogP contribution in [0, 0.1) is 24.3 Å². The van der Waals surface area contributed by atoms with Crippen molar-refractivity contribution >= 4 is 6.41 Å². The van der Waals surface area contributed by atoms with E-state index in [0.717, 1.165) is 25.7 Å². The summed E-state index contributed by atoms with van der Waals surface area (Å²) in [5.74, 6) is 0. The number of allylic oxidation sites excluding steroid dienone is 8. The Morgan fingerprint density at radius 3 is 0.849 bits per heavy atom. The predicted octanol–water partition coefficient (Wildman–Crippen LogP) is 15.1. The van der Waals surface area contributed by atoms with Gasteiger partial charge in [0.1, 0.15) is 0 Å². The molecule has 12 rings (SSSR count). The van der Waals surface area contributed by atoms with Crippen LogP contribution in [0.4, 0.5) is 0 Å². The number of hydrogen-bond acceptors (Lipinski definition) is 0. The zero-order valence-corrected chi connectivity index (χ0v) is 60.5. The van der Waals surface area contributed by atoms with E-state index < -0.39 is 0 Å². The number of fused-ring (bicyclic) bond motifs is 6. The summed E-state index contributed by atoms with van der Waals surface area (Å²) in [4.78, 5) is 0. The van der Waals surface area contributed by atoms with Gasteiger partial charge in [0, 0.05) is 0 Å². The molecule has 0 N–H and O–H groups in total. The second-order valence-corrected chi connectivity index (χ2v) is 29.3. The molecule has 0 radical (unpaired) electrons. The van der Waals surface area contributed by atoms with Crippen LogP contribution in [0.25, 0.3) is 22.3 Å². The Balaban J connectivity index is 0.000000195. The molecule has 0 amide bonds. The predicted molar refractivity (Wildman–Crippen MR) is 356 cm³/mol. The van der Waals surface area contributed by atoms with Gasteiger partial charge in [-0.3, -0.25) is 12.2 Å². The second kappa shape index (κ2) is 31.8. The van der Waals surface area contributed by atoms with Crippen molar-refractivity contribution in [3.63, 3.8) is 0 Å². The molecule has 4 aliphatic rings. The van der Waals surface area contributed by atoms with Gasteiger partial charge in [0.25, 0.3) is 0 Å². The third kappa shape index (κ3) is 19.9. The summed E-state index contributed by atoms with van der Waals surface area (Å²) in [6.07, 6.45) is 14.5. The van der Waals surface area contributed by atoms with Gasteiger partial charge in [-0.2, -0.15) is 58.7 Å². The third-order valence-corrected chi connectivity index (χ3v) is 18.7. The molecule has 0 aliphatic heterocycles. The van der Waals surface area contributed by atoms with E-state index in [1.165, 1.54) is 166 Å². The molecule has 8 aromatic carbocycles. The van der Waals surface area contributed by atoms with E-state index in [-0.39, 0.29) is 46.5 Å². The number of hydrogen-bond donors (Lipinski definition) is 0. The van der Waals surface area contributed by atoms with E-state index >= 15 is 0 Å². The molecule has 440 valence electrons. The summed E-state index contributed by atoms with van der Waals surface area (Å²) in [5, 5.41) is 0. The zero-order valence-electron chi connectivity index (χ0n) is 54.1. The minimum absolute atomic E-state index is 0. The monoisotopic (exact) mass is 1320 g/mol. The van der Waals surface area contributed by atoms with E-state index in [1.54, 1.807) is 0 Å². The van der Waals surface area contributed by atoms with Crippen LogP contribution in [0.3, 0.4) is 0 Å². The molecule has 0 nitrogen and oxygen atoms in total. The molecule has 0 spiro atoms. The Kier molecular flexibility index (Phi) is 26.5. The van der Waals surface area contributed by atoms with Gasteiger partial charge in [0.15, 0.2) is 0 Å². The van der Waals surface area contributed by atoms with Crippen LogP contribution >= 0.6 is 0 Å². The van der Waals surface area contributed by atoms with Crippen molar-refractivity contribution in [2.45, 2.75) is 158 Å². The van der Waals surface area contributed by atoms with E-state index in [2.05, 4.69) is 329 Å². The van der Waals surface area contributed by atoms with Crippen molar-refractivity contribution < 1.29 is 73.3 Å². The first-order valence-corrected chi connectivity index (χ1v) is 32.4. The summed E-state index contributed by atoms with van der Waals surface area (Å²) in [5.41, 5.74) is 28.4. The quantitative estimate of drug-likeness (QED) is 0.154. The van der Waals surface area contributed by atoms with Gasteiger partial charge in [-0.1, -0.05) is 144 Å². The molecular weight excluding hydrogens is 1240 g/mol. The average Bonchev–Trinajstić information content (AvgIpc) is 2.74. The van der Waals surface area contributed by atoms with Gasteiger partial charge in [-0.25, -0.2) is 23.3 Å². The van der Waals surface area contributed by atoms with Crippen LogP contribution in [-0.4, -0.2) is 6.41 Å². The molecule has 0 heterocycles. The first-order valence-electron chi connectivity index (χ1n) is 29.9. The molecule has 0 saturated carbocycles. The van der Waals surface area contributed by atoms with Gasteiger partial charge in [0.05, 0.1) is 0 Å². The van der Waals surface area contributed by atoms with Crippen LogP contribution < -0.4 is 24.8 Å². The van der Waals surface area contributed by atoms with Gasteiger partial charge in [-0.05, 0) is 56.8 Å². The van der Waals surface area contributed by atoms with Gasteiger partial charge in [-0.15, -0.1) is 48.9 Å². The molecular formula is C82H88Cl2Zr2-2. The third-order valence-electron chi connectivity index (χ3n) is 15.9. The Morgan fingerprint density at radius 1 is 0.349 bits per heavy atom. The molecule has 0 atom stereocenters. The Hall–Kier alpha value is -5.19. The fraction of sp³-hybridized carbons (Fsp3) is 0.293. The SMILES string of the molecule is CC(C)(C)c1[c-]c2c(cc1)-c1ccc(C(C)(C)C)cc1C2.CC(C)(C)c1[c-]c2c(cc1)-c1ccc(C(C)(C)C)cc1C2.CC1=C(C)C[C-]=C1.CC1=C(C)C[C-]=C1.[Cl-].[Cl-].[Zr+2]=[C](c1ccccc1)c1ccccc1.[Zr+2]=[C](c1ccccc1)c1ccccc1. The first-order chi connectivity index (χ1) is 39.7. The zero-order chi connectivity index (χ0) is 61.0. The van der Waals surface area contributed by atoms with Crippen molar-refractivity contribution in [1.29, 1.82) is 0 Å². The second-order valence-electron chi connectivity index (χ2n) is 26.8. The summed E-state index contributed by atoms with van der Waals surface area (Å²) in [6, 6.07) is 72.5. The van der Waals surface area contributed by atoms with Crippen molar-refractivity contribution in [1.82, 2.24) is 0 Å². The van der Waals surface area contributed by atoms with Crippen LogP contribution in [0.5, 0.6) is 0 Å². The van der Waals surface area contributed by atoms with Crippen LogP contribution in [0.1, 0.15) is 190 Å². The molecule has 0 unspecified atom stereocenters. The molecule has 8 aromatic rings. The number of benzene rings is 8. The van der Waals surface area contributed by atoms with Crippen molar-refractivity contribution in [3.05, 3.63) is 307 Å². The molecule has 0 saturated heterocycles. The molecule has 86 heavy (non-hydrogen) atoms. The fourth-order valence-electron chi connectivity index (χ4n) is 10.0. The van der Waals surface area contributed by atoms with E-state index in [1.807, 2.05) is 0 Å². The minimum atomic E-state index is 0. The van der Waals surface area contributed by atoms with Crippen molar-refractivity contribution in [2.75, 3.05) is 0 Å². The van der Waals surface area contributed by atoms with Gasteiger partial charge < -0.3 is 24.8 Å². The van der Waals surface area contributed by atoms with E-state index in [4.69, 9.17) is 0 Å². The first kappa shape index (κ1) is 71.6. The van der Waals surface area contributed by atoms with Crippen molar-refractivity contribution in [2.24, 2.45) is 0 Å². The summed E-state index contributed by atoms with van der Waals surface area (Å²) < 4.78 is 2.83. The normalized spacial score (nSPS) is 13.2. The van der Waals surface area contributed by atoms with E-state index in [9.17, 15) is 0 Å². The molecule has 0 fully saturated rings. The molecule has 0 bridgehead atoms. The van der Waals surface area contributed by atoms with Crippen LogP contribution in [-0.2, 0) is 83.0 Å². The van der Waals surface area contributed by atoms with Crippen LogP contribution in [0.15, 0.2) is 216 Å². The van der Waals surface area contributed by atoms with E-state index in [0.29, 0.717) is 0 Å². The average molecular weight is 1330 g/mol. The molecule has 4 heteroatoms. The fourth-order valence-corrected chi connectivity index (χ4v) is 11.7. The van der Waals surface area contributed by atoms with Crippen LogP contribution in [0.2, 0.25) is 0 Å². The summed E-state index contributed by atoms with van der Waals surface area (Å²) in [6.45, 7) is 35.7. The number of rotatable bonds is 4. The Labute approximate surface area is 562 Å². The van der Waals surface area contributed by atoms with Crippen molar-refractivity contribution in [3.8, 4) is 22.3 Å². The summed E-state index contributed by atoms with van der Waals surface area (Å²) >= 11 is 2.92. The Morgan fingerprint density at radius 2 is 0.628 bits per heavy atom. The van der Waals surface area contributed by atoms with Gasteiger partial charge >= 0.3 is 198 Å². The standard InChI is InChI=1S/2C21H25.2C13H10.2C7H9.2ClH.2Zr/c2*1-20(2,3)16-7-9-18-14(12-16)11-15-13-17(21(4,5)6)8-10-19(15)18;2*1-3-7-12(8-4-1)11-13-9-5-2-6-10-13;2*1-6-4-3-5-7(6)2;;;;/h2*7-10,12H,11H2,1-6H3;2*1-10H;2*4H,5H2,1-2H3;2*1H;;/q2*-1;;;2*-1;;;2*+2/p-2. The Bertz CT molecular complexity index is 3230. The number of halogens is 2. The summed E-state index contributed by atoms with van der Waals surface area (Å²) in [7, 11) is 0. The molecule has 4 aliphatic carbocycles. The maximum absolute atomic E-state index is 3.67.